The van der Waals surface area contributed by atoms with E-state index in [1.165, 1.54) is 0 Å². The second kappa shape index (κ2) is 6.13. The summed E-state index contributed by atoms with van der Waals surface area (Å²) in [5, 5.41) is 0. The van der Waals surface area contributed by atoms with Crippen molar-refractivity contribution in [1.29, 1.82) is 0 Å². The molecule has 1 amide bonds. The van der Waals surface area contributed by atoms with Gasteiger partial charge in [0.1, 0.15) is 17.1 Å². The summed E-state index contributed by atoms with van der Waals surface area (Å²) in [6, 6.07) is 5.38. The summed E-state index contributed by atoms with van der Waals surface area (Å²) in [4.78, 5) is 14.6. The van der Waals surface area contributed by atoms with E-state index in [-0.39, 0.29) is 18.1 Å². The van der Waals surface area contributed by atoms with Crippen molar-refractivity contribution < 1.29 is 19.0 Å². The summed E-state index contributed by atoms with van der Waals surface area (Å²) in [5.41, 5.74) is 0.471. The lowest BCUT2D eigenvalue weighted by atomic mass is 10.1. The van der Waals surface area contributed by atoms with Crippen LogP contribution in [0.25, 0.3) is 0 Å². The van der Waals surface area contributed by atoms with Gasteiger partial charge in [0.05, 0.1) is 33.0 Å². The molecule has 0 bridgehead atoms. The maximum Gasteiger partial charge on any atom is 0.261 e. The number of methoxy groups -OCH3 is 2. The SMILES string of the molecule is COc1cccc(OC)c1C(=O)N1CC(C)OCC1C. The fourth-order valence-corrected chi connectivity index (χ4v) is 2.39. The molecule has 1 aromatic rings. The van der Waals surface area contributed by atoms with Crippen molar-refractivity contribution in [3.05, 3.63) is 23.8 Å². The molecule has 1 aliphatic rings. The molecule has 1 aromatic carbocycles. The Balaban J connectivity index is 2.37. The van der Waals surface area contributed by atoms with Crippen LogP contribution in [0.1, 0.15) is 24.2 Å². The van der Waals surface area contributed by atoms with Gasteiger partial charge in [-0.05, 0) is 26.0 Å². The van der Waals surface area contributed by atoms with E-state index in [0.717, 1.165) is 0 Å². The number of hydrogen-bond acceptors (Lipinski definition) is 4. The van der Waals surface area contributed by atoms with Gasteiger partial charge in [0, 0.05) is 6.54 Å². The summed E-state index contributed by atoms with van der Waals surface area (Å²) < 4.78 is 16.2. The van der Waals surface area contributed by atoms with Gasteiger partial charge >= 0.3 is 0 Å². The van der Waals surface area contributed by atoms with Gasteiger partial charge in [-0.1, -0.05) is 6.07 Å². The van der Waals surface area contributed by atoms with E-state index in [1.807, 2.05) is 18.7 Å². The van der Waals surface area contributed by atoms with Crippen molar-refractivity contribution in [2.45, 2.75) is 26.0 Å². The number of benzene rings is 1. The van der Waals surface area contributed by atoms with Gasteiger partial charge in [0.25, 0.3) is 5.91 Å². The van der Waals surface area contributed by atoms with E-state index >= 15 is 0 Å². The number of rotatable bonds is 3. The van der Waals surface area contributed by atoms with E-state index in [1.54, 1.807) is 32.4 Å². The van der Waals surface area contributed by atoms with Crippen LogP contribution in [-0.4, -0.2) is 50.3 Å². The van der Waals surface area contributed by atoms with Crippen LogP contribution >= 0.6 is 0 Å². The number of amides is 1. The van der Waals surface area contributed by atoms with Gasteiger partial charge < -0.3 is 19.1 Å². The molecule has 5 heteroatoms. The maximum atomic E-state index is 12.8. The van der Waals surface area contributed by atoms with Crippen LogP contribution in [0.15, 0.2) is 18.2 Å². The summed E-state index contributed by atoms with van der Waals surface area (Å²) in [6.07, 6.45) is 0.0378. The number of hydrogen-bond donors (Lipinski definition) is 0. The molecule has 1 saturated heterocycles. The van der Waals surface area contributed by atoms with E-state index in [4.69, 9.17) is 14.2 Å². The predicted octanol–water partition coefficient (Wildman–Crippen LogP) is 1.95. The molecule has 0 N–H and O–H groups in total. The number of carbonyl (C=O) groups is 1. The quantitative estimate of drug-likeness (QED) is 0.848. The van der Waals surface area contributed by atoms with Crippen LogP contribution in [-0.2, 0) is 4.74 Å². The van der Waals surface area contributed by atoms with Crippen molar-refractivity contribution in [2.75, 3.05) is 27.4 Å². The van der Waals surface area contributed by atoms with Crippen LogP contribution in [0.3, 0.4) is 0 Å². The van der Waals surface area contributed by atoms with Gasteiger partial charge in [-0.25, -0.2) is 0 Å². The highest BCUT2D eigenvalue weighted by atomic mass is 16.5. The summed E-state index contributed by atoms with van der Waals surface area (Å²) >= 11 is 0. The molecule has 2 rings (SSSR count). The Morgan fingerprint density at radius 3 is 2.40 bits per heavy atom. The average molecular weight is 279 g/mol. The third-order valence-corrected chi connectivity index (χ3v) is 3.51. The smallest absolute Gasteiger partial charge is 0.261 e. The lowest BCUT2D eigenvalue weighted by molar-refractivity contribution is -0.0388. The Hall–Kier alpha value is -1.75. The van der Waals surface area contributed by atoms with Crippen molar-refractivity contribution in [2.24, 2.45) is 0 Å². The molecule has 0 spiro atoms. The minimum Gasteiger partial charge on any atom is -0.496 e. The average Bonchev–Trinajstić information content (AvgIpc) is 2.48. The van der Waals surface area contributed by atoms with Crippen LogP contribution in [0.2, 0.25) is 0 Å². The van der Waals surface area contributed by atoms with Crippen molar-refractivity contribution in [3.8, 4) is 11.5 Å². The standard InChI is InChI=1S/C15H21NO4/c1-10-9-20-11(2)8-16(10)15(17)14-12(18-3)6-5-7-13(14)19-4/h5-7,10-11H,8-9H2,1-4H3. The molecule has 2 atom stereocenters. The Morgan fingerprint density at radius 1 is 1.25 bits per heavy atom. The molecule has 0 aromatic heterocycles. The van der Waals surface area contributed by atoms with Crippen molar-refractivity contribution >= 4 is 5.91 Å². The number of ether oxygens (including phenoxy) is 3. The molecule has 0 radical (unpaired) electrons. The van der Waals surface area contributed by atoms with Crippen LogP contribution < -0.4 is 9.47 Å². The molecular weight excluding hydrogens is 258 g/mol. The molecule has 1 fully saturated rings. The monoisotopic (exact) mass is 279 g/mol. The molecule has 1 heterocycles. The third-order valence-electron chi connectivity index (χ3n) is 3.51. The van der Waals surface area contributed by atoms with Gasteiger partial charge in [0.2, 0.25) is 0 Å². The Labute approximate surface area is 119 Å². The molecule has 2 unspecified atom stereocenters. The Morgan fingerprint density at radius 2 is 1.85 bits per heavy atom. The summed E-state index contributed by atoms with van der Waals surface area (Å²) in [5.74, 6) is 0.975. The van der Waals surface area contributed by atoms with Crippen LogP contribution in [0.5, 0.6) is 11.5 Å². The topological polar surface area (TPSA) is 48.0 Å². The minimum absolute atomic E-state index is 0.0355. The van der Waals surface area contributed by atoms with E-state index in [2.05, 4.69) is 0 Å². The first-order chi connectivity index (χ1) is 9.58. The number of nitrogens with zero attached hydrogens (tertiary/aromatic N) is 1. The zero-order valence-electron chi connectivity index (χ0n) is 12.4. The van der Waals surface area contributed by atoms with Gasteiger partial charge in [-0.2, -0.15) is 0 Å². The lowest BCUT2D eigenvalue weighted by Gasteiger charge is -2.37. The first-order valence-electron chi connectivity index (χ1n) is 6.72. The van der Waals surface area contributed by atoms with Crippen LogP contribution in [0.4, 0.5) is 0 Å². The highest BCUT2D eigenvalue weighted by Crippen LogP contribution is 2.30. The minimum atomic E-state index is -0.0815. The predicted molar refractivity (Wildman–Crippen MR) is 75.5 cm³/mol. The number of morpholine rings is 1. The largest absolute Gasteiger partial charge is 0.496 e. The molecule has 110 valence electrons. The van der Waals surface area contributed by atoms with Crippen molar-refractivity contribution in [3.63, 3.8) is 0 Å². The molecule has 5 nitrogen and oxygen atoms in total. The second-order valence-electron chi connectivity index (χ2n) is 4.99. The second-order valence-corrected chi connectivity index (χ2v) is 4.99. The normalized spacial score (nSPS) is 22.5. The van der Waals surface area contributed by atoms with Gasteiger partial charge in [-0.15, -0.1) is 0 Å². The lowest BCUT2D eigenvalue weighted by Crippen LogP contribution is -2.50. The molecular formula is C15H21NO4. The fourth-order valence-electron chi connectivity index (χ4n) is 2.39. The molecule has 1 aliphatic heterocycles. The van der Waals surface area contributed by atoms with E-state index in [0.29, 0.717) is 30.2 Å². The van der Waals surface area contributed by atoms with E-state index < -0.39 is 0 Å². The van der Waals surface area contributed by atoms with Gasteiger partial charge in [0.15, 0.2) is 0 Å². The summed E-state index contributed by atoms with van der Waals surface area (Å²) in [6.45, 7) is 5.06. The fraction of sp³-hybridized carbons (Fsp3) is 0.533. The Kier molecular flexibility index (Phi) is 4.49. The zero-order chi connectivity index (χ0) is 14.7. The van der Waals surface area contributed by atoms with Crippen LogP contribution in [0, 0.1) is 0 Å². The summed E-state index contributed by atoms with van der Waals surface area (Å²) in [7, 11) is 3.11. The highest BCUT2D eigenvalue weighted by molar-refractivity contribution is 6.00. The highest BCUT2D eigenvalue weighted by Gasteiger charge is 2.31. The maximum absolute atomic E-state index is 12.8. The molecule has 0 saturated carbocycles. The molecule has 20 heavy (non-hydrogen) atoms. The third kappa shape index (κ3) is 2.72. The number of carbonyl (C=O) groups excluding carboxylic acids is 1. The Bertz CT molecular complexity index is 467. The first-order valence-corrected chi connectivity index (χ1v) is 6.72. The zero-order valence-corrected chi connectivity index (χ0v) is 12.4. The first kappa shape index (κ1) is 14.7. The van der Waals surface area contributed by atoms with Crippen molar-refractivity contribution in [1.82, 2.24) is 4.90 Å². The molecule has 0 aliphatic carbocycles. The van der Waals surface area contributed by atoms with Gasteiger partial charge in [-0.3, -0.25) is 4.79 Å². The van der Waals surface area contributed by atoms with E-state index in [9.17, 15) is 4.79 Å².